The van der Waals surface area contributed by atoms with Crippen LogP contribution in [0.5, 0.6) is 0 Å². The topological polar surface area (TPSA) is 75.6 Å². The number of aliphatic carboxylic acids is 1. The summed E-state index contributed by atoms with van der Waals surface area (Å²) in [5.41, 5.74) is 0.323. The van der Waals surface area contributed by atoms with E-state index in [-0.39, 0.29) is 0 Å². The van der Waals surface area contributed by atoms with Gasteiger partial charge in [0.15, 0.2) is 0 Å². The van der Waals surface area contributed by atoms with Crippen molar-refractivity contribution in [1.29, 1.82) is 0 Å². The fourth-order valence-electron chi connectivity index (χ4n) is 1.53. The first kappa shape index (κ1) is 17.5. The summed E-state index contributed by atoms with van der Waals surface area (Å²) in [5.74, 6) is -1.16. The van der Waals surface area contributed by atoms with Gasteiger partial charge in [0, 0.05) is 0 Å². The smallest absolute Gasteiger partial charge is 0.408 e. The number of hydrogen-bond donors (Lipinski definition) is 2. The van der Waals surface area contributed by atoms with Crippen LogP contribution in [0.4, 0.5) is 4.79 Å². The molecule has 0 aliphatic rings. The average Bonchev–Trinajstić information content (AvgIpc) is 2.41. The van der Waals surface area contributed by atoms with Gasteiger partial charge < -0.3 is 15.2 Å². The summed E-state index contributed by atoms with van der Waals surface area (Å²) in [4.78, 5) is 22.7. The Hall–Kier alpha value is -2.56. The van der Waals surface area contributed by atoms with Gasteiger partial charge in [-0.25, -0.2) is 9.59 Å². The molecule has 118 valence electrons. The molecule has 5 heteroatoms. The van der Waals surface area contributed by atoms with Crippen molar-refractivity contribution < 1.29 is 19.4 Å². The molecule has 1 rings (SSSR count). The number of rotatable bonds is 5. The Morgan fingerprint density at radius 3 is 2.36 bits per heavy atom. The van der Waals surface area contributed by atoms with Gasteiger partial charge in [-0.15, -0.1) is 0 Å². The standard InChI is InChI=1S/C17H21NO4/c1-17(2,3)22-16(21)18-14(15(19)20)12-8-7-11-13-9-5-4-6-10-13/h4-12,14H,1-3H3,(H,18,21)(H,19,20)/b11-7+,12-8+/t14-/m1/s1. The van der Waals surface area contributed by atoms with E-state index in [0.717, 1.165) is 5.56 Å². The lowest BCUT2D eigenvalue weighted by Crippen LogP contribution is -2.42. The molecular weight excluding hydrogens is 282 g/mol. The van der Waals surface area contributed by atoms with E-state index in [1.807, 2.05) is 36.4 Å². The van der Waals surface area contributed by atoms with Crippen LogP contribution in [0, 0.1) is 0 Å². The Balaban J connectivity index is 2.61. The molecule has 1 amide bonds. The maximum Gasteiger partial charge on any atom is 0.408 e. The average molecular weight is 303 g/mol. The molecule has 0 aliphatic heterocycles. The zero-order valence-electron chi connectivity index (χ0n) is 12.9. The Morgan fingerprint density at radius 1 is 1.18 bits per heavy atom. The number of alkyl carbamates (subject to hydrolysis) is 1. The largest absolute Gasteiger partial charge is 0.479 e. The van der Waals surface area contributed by atoms with Crippen LogP contribution in [-0.4, -0.2) is 28.8 Å². The summed E-state index contributed by atoms with van der Waals surface area (Å²) in [7, 11) is 0. The number of carbonyl (C=O) groups excluding carboxylic acids is 1. The van der Waals surface area contributed by atoms with Gasteiger partial charge in [-0.1, -0.05) is 54.6 Å². The van der Waals surface area contributed by atoms with E-state index >= 15 is 0 Å². The summed E-state index contributed by atoms with van der Waals surface area (Å²) in [6.07, 6.45) is 5.73. The molecule has 0 heterocycles. The number of hydrogen-bond acceptors (Lipinski definition) is 3. The van der Waals surface area contributed by atoms with E-state index in [9.17, 15) is 9.59 Å². The first-order valence-electron chi connectivity index (χ1n) is 6.90. The monoisotopic (exact) mass is 303 g/mol. The minimum absolute atomic E-state index is 0.677. The SMILES string of the molecule is CC(C)(C)OC(=O)N[C@H](/C=C/C=C/c1ccccc1)C(=O)O. The van der Waals surface area contributed by atoms with E-state index in [0.29, 0.717) is 0 Å². The minimum Gasteiger partial charge on any atom is -0.479 e. The van der Waals surface area contributed by atoms with Gasteiger partial charge in [-0.3, -0.25) is 0 Å². The van der Waals surface area contributed by atoms with Crippen LogP contribution in [0.2, 0.25) is 0 Å². The van der Waals surface area contributed by atoms with Crippen LogP contribution in [-0.2, 0) is 9.53 Å². The first-order chi connectivity index (χ1) is 10.3. The van der Waals surface area contributed by atoms with Gasteiger partial charge in [-0.05, 0) is 26.3 Å². The summed E-state index contributed by atoms with van der Waals surface area (Å²) in [6, 6.07) is 8.45. The van der Waals surface area contributed by atoms with Gasteiger partial charge in [0.05, 0.1) is 0 Å². The van der Waals surface area contributed by atoms with Crippen molar-refractivity contribution in [2.24, 2.45) is 0 Å². The summed E-state index contributed by atoms with van der Waals surface area (Å²) < 4.78 is 5.03. The molecular formula is C17H21NO4. The lowest BCUT2D eigenvalue weighted by molar-refractivity contribution is -0.138. The van der Waals surface area contributed by atoms with Crippen LogP contribution < -0.4 is 5.32 Å². The van der Waals surface area contributed by atoms with Crippen LogP contribution in [0.1, 0.15) is 26.3 Å². The second-order valence-corrected chi connectivity index (χ2v) is 5.62. The molecule has 22 heavy (non-hydrogen) atoms. The Bertz CT molecular complexity index is 556. The molecule has 0 bridgehead atoms. The Morgan fingerprint density at radius 2 is 1.82 bits per heavy atom. The first-order valence-corrected chi connectivity index (χ1v) is 6.90. The van der Waals surface area contributed by atoms with Gasteiger partial charge >= 0.3 is 12.1 Å². The number of amides is 1. The number of ether oxygens (including phenoxy) is 1. The number of allylic oxidation sites excluding steroid dienone is 2. The van der Waals surface area contributed by atoms with Gasteiger partial charge in [-0.2, -0.15) is 0 Å². The predicted octanol–water partition coefficient (Wildman–Crippen LogP) is 3.23. The van der Waals surface area contributed by atoms with Crippen LogP contribution in [0.15, 0.2) is 48.6 Å². The minimum atomic E-state index is -1.16. The summed E-state index contributed by atoms with van der Waals surface area (Å²) in [5, 5.41) is 11.4. The molecule has 0 saturated carbocycles. The summed E-state index contributed by atoms with van der Waals surface area (Å²) >= 11 is 0. The molecule has 0 aliphatic carbocycles. The van der Waals surface area contributed by atoms with Crippen molar-refractivity contribution in [1.82, 2.24) is 5.32 Å². The third kappa shape index (κ3) is 7.28. The van der Waals surface area contributed by atoms with Gasteiger partial charge in [0.2, 0.25) is 0 Å². The molecule has 1 aromatic rings. The lowest BCUT2D eigenvalue weighted by Gasteiger charge is -2.20. The van der Waals surface area contributed by atoms with E-state index in [1.165, 1.54) is 6.08 Å². The number of nitrogens with one attached hydrogen (secondary N) is 1. The molecule has 1 atom stereocenters. The number of benzene rings is 1. The maximum absolute atomic E-state index is 11.6. The van der Waals surface area contributed by atoms with Crippen LogP contribution in [0.3, 0.4) is 0 Å². The second kappa shape index (κ2) is 8.02. The normalized spacial score (nSPS) is 13.2. The van der Waals surface area contributed by atoms with Crippen LogP contribution in [0.25, 0.3) is 6.08 Å². The fraction of sp³-hybridized carbons (Fsp3) is 0.294. The van der Waals surface area contributed by atoms with Gasteiger partial charge in [0.25, 0.3) is 0 Å². The predicted molar refractivity (Wildman–Crippen MR) is 85.4 cm³/mol. The van der Waals surface area contributed by atoms with Gasteiger partial charge in [0.1, 0.15) is 11.6 Å². The Kier molecular flexibility index (Phi) is 6.38. The number of carbonyl (C=O) groups is 2. The highest BCUT2D eigenvalue weighted by molar-refractivity contribution is 5.82. The molecule has 0 radical (unpaired) electrons. The molecule has 0 spiro atoms. The molecule has 0 saturated heterocycles. The molecule has 1 aromatic carbocycles. The zero-order valence-corrected chi connectivity index (χ0v) is 12.9. The number of carboxylic acids is 1. The molecule has 5 nitrogen and oxygen atoms in total. The molecule has 0 aromatic heterocycles. The lowest BCUT2D eigenvalue weighted by atomic mass is 10.2. The highest BCUT2D eigenvalue weighted by Crippen LogP contribution is 2.07. The third-order valence-corrected chi connectivity index (χ3v) is 2.44. The van der Waals surface area contributed by atoms with Crippen molar-refractivity contribution in [2.75, 3.05) is 0 Å². The Labute approximate surface area is 130 Å². The van der Waals surface area contributed by atoms with Crippen molar-refractivity contribution in [3.63, 3.8) is 0 Å². The van der Waals surface area contributed by atoms with Crippen molar-refractivity contribution in [3.05, 3.63) is 54.1 Å². The highest BCUT2D eigenvalue weighted by atomic mass is 16.6. The highest BCUT2D eigenvalue weighted by Gasteiger charge is 2.21. The van der Waals surface area contributed by atoms with Crippen molar-refractivity contribution >= 4 is 18.1 Å². The molecule has 2 N–H and O–H groups in total. The third-order valence-electron chi connectivity index (χ3n) is 2.44. The van der Waals surface area contributed by atoms with Crippen molar-refractivity contribution in [3.8, 4) is 0 Å². The van der Waals surface area contributed by atoms with Crippen molar-refractivity contribution in [2.45, 2.75) is 32.4 Å². The van der Waals surface area contributed by atoms with E-state index in [2.05, 4.69) is 5.32 Å². The maximum atomic E-state index is 11.6. The van der Waals surface area contributed by atoms with E-state index in [4.69, 9.17) is 9.84 Å². The zero-order chi connectivity index (χ0) is 16.6. The van der Waals surface area contributed by atoms with Crippen LogP contribution >= 0.6 is 0 Å². The molecule has 0 fully saturated rings. The fourth-order valence-corrected chi connectivity index (χ4v) is 1.53. The van der Waals surface area contributed by atoms with E-state index < -0.39 is 23.7 Å². The second-order valence-electron chi connectivity index (χ2n) is 5.62. The van der Waals surface area contributed by atoms with E-state index in [1.54, 1.807) is 32.9 Å². The summed E-state index contributed by atoms with van der Waals surface area (Å²) in [6.45, 7) is 5.13. The quantitative estimate of drug-likeness (QED) is 0.819. The number of carboxylic acid groups (broad SMARTS) is 1. The molecule has 0 unspecified atom stereocenters.